The molecule has 1 aliphatic heterocycles. The summed E-state index contributed by atoms with van der Waals surface area (Å²) in [6.07, 6.45) is 3.26. The number of aliphatic hydroxyl groups is 1. The van der Waals surface area contributed by atoms with E-state index in [9.17, 15) is 15.3 Å². The van der Waals surface area contributed by atoms with Gasteiger partial charge >= 0.3 is 0 Å². The van der Waals surface area contributed by atoms with Crippen LogP contribution in [0.5, 0.6) is 23.1 Å². The third-order valence-corrected chi connectivity index (χ3v) is 6.02. The van der Waals surface area contributed by atoms with Gasteiger partial charge in [-0.25, -0.2) is 4.98 Å². The van der Waals surface area contributed by atoms with E-state index in [1.54, 1.807) is 18.2 Å². The highest BCUT2D eigenvalue weighted by molar-refractivity contribution is 5.88. The molecule has 182 valence electrons. The lowest BCUT2D eigenvalue weighted by Gasteiger charge is -2.19. The summed E-state index contributed by atoms with van der Waals surface area (Å²) in [7, 11) is 3.07. The van der Waals surface area contributed by atoms with Gasteiger partial charge in [0.2, 0.25) is 11.8 Å². The lowest BCUT2D eigenvalue weighted by Crippen LogP contribution is -2.28. The lowest BCUT2D eigenvalue weighted by molar-refractivity contribution is 0.0276. The Hall–Kier alpha value is -3.37. The number of likely N-dealkylation sites (tertiary alicyclic amines) is 1. The van der Waals surface area contributed by atoms with Crippen molar-refractivity contribution in [1.29, 1.82) is 0 Å². The fraction of sp³-hybridized carbons (Fsp3) is 0.458. The van der Waals surface area contributed by atoms with E-state index >= 15 is 0 Å². The first-order valence-electron chi connectivity index (χ1n) is 11.4. The molecular weight excluding hydrogens is 440 g/mol. The van der Waals surface area contributed by atoms with E-state index in [-0.39, 0.29) is 29.6 Å². The Bertz CT molecular complexity index is 1130. The van der Waals surface area contributed by atoms with E-state index in [0.29, 0.717) is 41.2 Å². The summed E-state index contributed by atoms with van der Waals surface area (Å²) < 4.78 is 16.9. The predicted octanol–water partition coefficient (Wildman–Crippen LogP) is 3.48. The van der Waals surface area contributed by atoms with Crippen molar-refractivity contribution in [3.8, 4) is 45.7 Å². The summed E-state index contributed by atoms with van der Waals surface area (Å²) in [6.45, 7) is 3.04. The van der Waals surface area contributed by atoms with Crippen molar-refractivity contribution in [2.24, 2.45) is 0 Å². The molecule has 1 unspecified atom stereocenters. The molecule has 10 heteroatoms. The highest BCUT2D eigenvalue weighted by atomic mass is 16.5. The third-order valence-electron chi connectivity index (χ3n) is 6.02. The number of aromatic hydroxyl groups is 2. The van der Waals surface area contributed by atoms with Crippen LogP contribution in [0.1, 0.15) is 44.2 Å². The summed E-state index contributed by atoms with van der Waals surface area (Å²) in [6, 6.07) is 5.31. The highest BCUT2D eigenvalue weighted by Gasteiger charge is 2.29. The van der Waals surface area contributed by atoms with Crippen molar-refractivity contribution >= 4 is 0 Å². The highest BCUT2D eigenvalue weighted by Crippen LogP contribution is 2.49. The largest absolute Gasteiger partial charge is 0.506 e. The van der Waals surface area contributed by atoms with Crippen molar-refractivity contribution in [2.75, 3.05) is 20.8 Å². The number of aryl methyl sites for hydroxylation is 1. The van der Waals surface area contributed by atoms with Crippen LogP contribution in [0.25, 0.3) is 22.6 Å². The number of methoxy groups -OCH3 is 2. The number of aromatic nitrogens is 3. The second kappa shape index (κ2) is 10.3. The van der Waals surface area contributed by atoms with Gasteiger partial charge in [-0.1, -0.05) is 19.4 Å². The SMILES string of the molecule is CCCCc1nc(O)c(-c2nnc(CN3CCCC3O)o2)c(O)c1-c1c(OC)cccc1OC. The van der Waals surface area contributed by atoms with Crippen LogP contribution >= 0.6 is 0 Å². The Balaban J connectivity index is 1.84. The maximum Gasteiger partial charge on any atom is 0.257 e. The lowest BCUT2D eigenvalue weighted by atomic mass is 9.95. The van der Waals surface area contributed by atoms with E-state index < -0.39 is 12.1 Å². The molecule has 0 bridgehead atoms. The average Bonchev–Trinajstić information content (AvgIpc) is 3.46. The second-order valence-electron chi connectivity index (χ2n) is 8.22. The average molecular weight is 471 g/mol. The molecular formula is C24H30N4O6. The fourth-order valence-electron chi connectivity index (χ4n) is 4.27. The summed E-state index contributed by atoms with van der Waals surface area (Å²) in [5.41, 5.74) is 1.34. The zero-order chi connectivity index (χ0) is 24.2. The first kappa shape index (κ1) is 23.8. The van der Waals surface area contributed by atoms with Crippen LogP contribution in [-0.4, -0.2) is 62.4 Å². The zero-order valence-corrected chi connectivity index (χ0v) is 19.6. The van der Waals surface area contributed by atoms with E-state index in [4.69, 9.17) is 13.9 Å². The van der Waals surface area contributed by atoms with Gasteiger partial charge in [0, 0.05) is 6.54 Å². The number of pyridine rings is 1. The molecule has 0 saturated carbocycles. The molecule has 3 aromatic rings. The van der Waals surface area contributed by atoms with Crippen molar-refractivity contribution in [1.82, 2.24) is 20.1 Å². The molecule has 1 saturated heterocycles. The molecule has 10 nitrogen and oxygen atoms in total. The van der Waals surface area contributed by atoms with Gasteiger partial charge in [0.1, 0.15) is 29.0 Å². The molecule has 1 fully saturated rings. The van der Waals surface area contributed by atoms with E-state index in [2.05, 4.69) is 22.1 Å². The molecule has 0 spiro atoms. The minimum absolute atomic E-state index is 0.0658. The maximum absolute atomic E-state index is 11.4. The van der Waals surface area contributed by atoms with E-state index in [1.807, 2.05) is 4.90 Å². The Kier molecular flexibility index (Phi) is 7.18. The zero-order valence-electron chi connectivity index (χ0n) is 19.6. The first-order chi connectivity index (χ1) is 16.5. The number of benzene rings is 1. The van der Waals surface area contributed by atoms with Crippen molar-refractivity contribution in [2.45, 2.75) is 51.8 Å². The van der Waals surface area contributed by atoms with Gasteiger partial charge in [-0.2, -0.15) is 0 Å². The first-order valence-corrected chi connectivity index (χ1v) is 11.4. The number of aliphatic hydroxyl groups excluding tert-OH is 1. The van der Waals surface area contributed by atoms with Crippen LogP contribution in [0.2, 0.25) is 0 Å². The van der Waals surface area contributed by atoms with Crippen LogP contribution in [0.3, 0.4) is 0 Å². The smallest absolute Gasteiger partial charge is 0.257 e. The molecule has 2 aromatic heterocycles. The molecule has 0 amide bonds. The molecule has 4 rings (SSSR count). The Morgan fingerprint density at radius 2 is 1.82 bits per heavy atom. The van der Waals surface area contributed by atoms with Crippen molar-refractivity contribution in [3.63, 3.8) is 0 Å². The monoisotopic (exact) mass is 470 g/mol. The molecule has 3 heterocycles. The topological polar surface area (TPSA) is 134 Å². The molecule has 1 atom stereocenters. The molecule has 0 aliphatic carbocycles. The Labute approximate surface area is 197 Å². The number of ether oxygens (including phenoxy) is 2. The maximum atomic E-state index is 11.4. The summed E-state index contributed by atoms with van der Waals surface area (Å²) in [5, 5.41) is 40.3. The molecule has 34 heavy (non-hydrogen) atoms. The summed E-state index contributed by atoms with van der Waals surface area (Å²) >= 11 is 0. The second-order valence-corrected chi connectivity index (χ2v) is 8.22. The predicted molar refractivity (Wildman–Crippen MR) is 124 cm³/mol. The standard InChI is InChI=1S/C24H30N4O6/c1-4-5-8-14-19(20-15(32-2)9-6-10-16(20)33-3)22(30)21(23(31)25-14)24-27-26-17(34-24)13-28-12-7-11-18(28)29/h6,9-10,18,29H,4-5,7-8,11-13H2,1-3H3,(H2,25,30,31). The van der Waals surface area contributed by atoms with Crippen LogP contribution in [-0.2, 0) is 13.0 Å². The molecule has 3 N–H and O–H groups in total. The van der Waals surface area contributed by atoms with Gasteiger partial charge in [0.05, 0.1) is 37.6 Å². The van der Waals surface area contributed by atoms with Crippen LogP contribution in [0, 0.1) is 0 Å². The molecule has 1 aliphatic rings. The minimum Gasteiger partial charge on any atom is -0.506 e. The summed E-state index contributed by atoms with van der Waals surface area (Å²) in [4.78, 5) is 6.23. The van der Waals surface area contributed by atoms with Crippen molar-refractivity contribution < 1.29 is 29.2 Å². The van der Waals surface area contributed by atoms with Crippen molar-refractivity contribution in [3.05, 3.63) is 29.8 Å². The van der Waals surface area contributed by atoms with Crippen LogP contribution < -0.4 is 9.47 Å². The van der Waals surface area contributed by atoms with E-state index in [0.717, 1.165) is 25.8 Å². The van der Waals surface area contributed by atoms with Gasteiger partial charge in [-0.15, -0.1) is 10.2 Å². The number of rotatable bonds is 9. The van der Waals surface area contributed by atoms with Gasteiger partial charge in [-0.3, -0.25) is 4.90 Å². The number of unbranched alkanes of at least 4 members (excludes halogenated alkanes) is 1. The summed E-state index contributed by atoms with van der Waals surface area (Å²) in [5.74, 6) is 0.514. The fourth-order valence-corrected chi connectivity index (χ4v) is 4.27. The van der Waals surface area contributed by atoms with Crippen LogP contribution in [0.4, 0.5) is 0 Å². The van der Waals surface area contributed by atoms with Gasteiger partial charge < -0.3 is 29.2 Å². The third kappa shape index (κ3) is 4.51. The van der Waals surface area contributed by atoms with Crippen LogP contribution in [0.15, 0.2) is 22.6 Å². The molecule has 1 aromatic carbocycles. The molecule has 0 radical (unpaired) electrons. The number of nitrogens with zero attached hydrogens (tertiary/aromatic N) is 4. The van der Waals surface area contributed by atoms with Gasteiger partial charge in [0.25, 0.3) is 5.89 Å². The normalized spacial score (nSPS) is 16.2. The Morgan fingerprint density at radius 3 is 2.44 bits per heavy atom. The Morgan fingerprint density at radius 1 is 1.09 bits per heavy atom. The number of hydrogen-bond donors (Lipinski definition) is 3. The minimum atomic E-state index is -0.554. The van der Waals surface area contributed by atoms with Gasteiger partial charge in [-0.05, 0) is 37.8 Å². The quantitative estimate of drug-likeness (QED) is 0.426. The number of hydrogen-bond acceptors (Lipinski definition) is 10. The van der Waals surface area contributed by atoms with Gasteiger partial charge in [0.15, 0.2) is 0 Å². The van der Waals surface area contributed by atoms with E-state index in [1.165, 1.54) is 14.2 Å².